The minimum absolute atomic E-state index is 0.0773. The number of rotatable bonds is 3. The molecule has 0 aliphatic carbocycles. The van der Waals surface area contributed by atoms with Crippen LogP contribution in [0.3, 0.4) is 0 Å². The van der Waals surface area contributed by atoms with Gasteiger partial charge >= 0.3 is 6.18 Å². The molecule has 0 amide bonds. The number of alkyl halides is 3. The van der Waals surface area contributed by atoms with Gasteiger partial charge in [-0.1, -0.05) is 12.1 Å². The summed E-state index contributed by atoms with van der Waals surface area (Å²) in [5, 5.41) is 0. The summed E-state index contributed by atoms with van der Waals surface area (Å²) in [6.45, 7) is 0.534. The van der Waals surface area contributed by atoms with Gasteiger partial charge in [0.25, 0.3) is 0 Å². The molecule has 1 N–H and O–H groups in total. The molecule has 0 saturated carbocycles. The van der Waals surface area contributed by atoms with Gasteiger partial charge in [0.1, 0.15) is 5.75 Å². The first-order valence-electron chi connectivity index (χ1n) is 6.95. The van der Waals surface area contributed by atoms with Gasteiger partial charge in [-0.05, 0) is 42.3 Å². The molecular weight excluding hydrogens is 314 g/mol. The molecule has 3 rings (SSSR count). The Hall–Kier alpha value is -2.12. The summed E-state index contributed by atoms with van der Waals surface area (Å²) in [7, 11) is 0. The third-order valence-corrected chi connectivity index (χ3v) is 3.48. The van der Waals surface area contributed by atoms with Crippen LogP contribution in [0.4, 0.5) is 17.6 Å². The van der Waals surface area contributed by atoms with Crippen molar-refractivity contribution in [1.29, 1.82) is 0 Å². The molecule has 1 fully saturated rings. The van der Waals surface area contributed by atoms with Crippen molar-refractivity contribution >= 4 is 0 Å². The van der Waals surface area contributed by atoms with E-state index in [1.165, 1.54) is 24.3 Å². The van der Waals surface area contributed by atoms with Gasteiger partial charge in [0.2, 0.25) is 0 Å². The molecular formula is C16H13F4NO2. The highest BCUT2D eigenvalue weighted by Gasteiger charge is 2.30. The second-order valence-electron chi connectivity index (χ2n) is 5.13. The maximum Gasteiger partial charge on any atom is 0.416 e. The van der Waals surface area contributed by atoms with Gasteiger partial charge in [0.05, 0.1) is 18.2 Å². The molecule has 0 radical (unpaired) electrons. The number of hydrogen-bond donors (Lipinski definition) is 1. The zero-order chi connectivity index (χ0) is 16.4. The van der Waals surface area contributed by atoms with E-state index in [0.717, 1.165) is 17.7 Å². The molecule has 0 unspecified atom stereocenters. The summed E-state index contributed by atoms with van der Waals surface area (Å²) in [5.74, 6) is -0.855. The van der Waals surface area contributed by atoms with Crippen molar-refractivity contribution in [2.75, 3.05) is 6.61 Å². The lowest BCUT2D eigenvalue weighted by atomic mass is 10.1. The van der Waals surface area contributed by atoms with Crippen LogP contribution in [0.5, 0.6) is 11.5 Å². The average molecular weight is 327 g/mol. The van der Waals surface area contributed by atoms with E-state index in [1.807, 2.05) is 0 Å². The first kappa shape index (κ1) is 15.8. The average Bonchev–Trinajstić information content (AvgIpc) is 3.03. The molecule has 3 nitrogen and oxygen atoms in total. The van der Waals surface area contributed by atoms with Crippen molar-refractivity contribution in [1.82, 2.24) is 5.48 Å². The van der Waals surface area contributed by atoms with Crippen LogP contribution < -0.4 is 10.2 Å². The van der Waals surface area contributed by atoms with Crippen molar-refractivity contribution in [3.63, 3.8) is 0 Å². The minimum Gasteiger partial charge on any atom is -0.454 e. The van der Waals surface area contributed by atoms with Crippen molar-refractivity contribution in [2.45, 2.75) is 18.6 Å². The van der Waals surface area contributed by atoms with Crippen LogP contribution in [0.15, 0.2) is 42.5 Å². The van der Waals surface area contributed by atoms with Crippen LogP contribution in [0.1, 0.15) is 23.6 Å². The molecule has 1 aliphatic heterocycles. The number of nitrogens with one attached hydrogen (secondary N) is 1. The van der Waals surface area contributed by atoms with E-state index >= 15 is 0 Å². The molecule has 0 spiro atoms. The molecule has 2 aromatic rings. The minimum atomic E-state index is -4.48. The van der Waals surface area contributed by atoms with Crippen LogP contribution >= 0.6 is 0 Å². The molecule has 0 bridgehead atoms. The van der Waals surface area contributed by atoms with Gasteiger partial charge in [-0.2, -0.15) is 18.7 Å². The van der Waals surface area contributed by atoms with Crippen molar-refractivity contribution in [2.24, 2.45) is 0 Å². The van der Waals surface area contributed by atoms with Crippen molar-refractivity contribution in [3.8, 4) is 11.5 Å². The second kappa shape index (κ2) is 6.17. The normalized spacial score (nSPS) is 18.2. The van der Waals surface area contributed by atoms with Gasteiger partial charge in [-0.15, -0.1) is 0 Å². The highest BCUT2D eigenvalue weighted by atomic mass is 19.4. The van der Waals surface area contributed by atoms with Crippen LogP contribution in [0, 0.1) is 5.82 Å². The number of hydroxylamine groups is 1. The monoisotopic (exact) mass is 327 g/mol. The number of hydrogen-bond acceptors (Lipinski definition) is 3. The zero-order valence-corrected chi connectivity index (χ0v) is 11.9. The van der Waals surface area contributed by atoms with Gasteiger partial charge in [0, 0.05) is 0 Å². The van der Waals surface area contributed by atoms with Crippen molar-refractivity contribution in [3.05, 3.63) is 59.4 Å². The van der Waals surface area contributed by atoms with Gasteiger partial charge in [-0.25, -0.2) is 4.39 Å². The fraction of sp³-hybridized carbons (Fsp3) is 0.250. The van der Waals surface area contributed by atoms with Crippen molar-refractivity contribution < 1.29 is 27.1 Å². The summed E-state index contributed by atoms with van der Waals surface area (Å²) in [4.78, 5) is 5.04. The van der Waals surface area contributed by atoms with E-state index in [1.54, 1.807) is 6.07 Å². The SMILES string of the molecule is Fc1ccc([C@H]2CCON2)cc1Oc1cccc(C(F)(F)F)c1. The third kappa shape index (κ3) is 3.62. The Balaban J connectivity index is 1.86. The van der Waals surface area contributed by atoms with Crippen LogP contribution in [-0.4, -0.2) is 6.61 Å². The predicted molar refractivity (Wildman–Crippen MR) is 74.4 cm³/mol. The molecule has 0 aromatic heterocycles. The maximum atomic E-state index is 13.9. The third-order valence-electron chi connectivity index (χ3n) is 3.48. The number of ether oxygens (including phenoxy) is 1. The standard InChI is InChI=1S/C16H13F4NO2/c17-13-5-4-10(14-6-7-22-21-14)8-15(13)23-12-3-1-2-11(9-12)16(18,19)20/h1-5,8-9,14,21H,6-7H2/t14-/m1/s1. The van der Waals surface area contributed by atoms with E-state index in [-0.39, 0.29) is 17.5 Å². The fourth-order valence-electron chi connectivity index (χ4n) is 2.31. The molecule has 1 saturated heterocycles. The highest BCUT2D eigenvalue weighted by molar-refractivity contribution is 5.38. The van der Waals surface area contributed by atoms with E-state index < -0.39 is 17.6 Å². The van der Waals surface area contributed by atoms with E-state index in [4.69, 9.17) is 9.57 Å². The first-order valence-corrected chi connectivity index (χ1v) is 6.95. The largest absolute Gasteiger partial charge is 0.454 e. The Morgan fingerprint density at radius 1 is 1.13 bits per heavy atom. The van der Waals surface area contributed by atoms with E-state index in [2.05, 4.69) is 5.48 Å². The lowest BCUT2D eigenvalue weighted by Crippen LogP contribution is -2.11. The summed E-state index contributed by atoms with van der Waals surface area (Å²) < 4.78 is 57.3. The Kier molecular flexibility index (Phi) is 4.23. The summed E-state index contributed by atoms with van der Waals surface area (Å²) >= 11 is 0. The highest BCUT2D eigenvalue weighted by Crippen LogP contribution is 2.34. The summed E-state index contributed by atoms with van der Waals surface area (Å²) in [5.41, 5.74) is 2.68. The van der Waals surface area contributed by atoms with E-state index in [0.29, 0.717) is 13.0 Å². The van der Waals surface area contributed by atoms with Gasteiger partial charge < -0.3 is 9.57 Å². The van der Waals surface area contributed by atoms with Gasteiger partial charge in [-0.3, -0.25) is 0 Å². The Morgan fingerprint density at radius 3 is 2.65 bits per heavy atom. The Labute approximate surface area is 129 Å². The van der Waals surface area contributed by atoms with Crippen LogP contribution in [0.2, 0.25) is 0 Å². The smallest absolute Gasteiger partial charge is 0.416 e. The Morgan fingerprint density at radius 2 is 1.96 bits per heavy atom. The quantitative estimate of drug-likeness (QED) is 0.836. The van der Waals surface area contributed by atoms with Crippen LogP contribution in [0.25, 0.3) is 0 Å². The second-order valence-corrected chi connectivity index (χ2v) is 5.13. The molecule has 7 heteroatoms. The molecule has 122 valence electrons. The molecule has 2 aromatic carbocycles. The molecule has 1 atom stereocenters. The maximum absolute atomic E-state index is 13.9. The number of halogens is 4. The summed E-state index contributed by atoms with van der Waals surface area (Å²) in [6.07, 6.45) is -3.76. The van der Waals surface area contributed by atoms with E-state index in [9.17, 15) is 17.6 Å². The van der Waals surface area contributed by atoms with Crippen LogP contribution in [-0.2, 0) is 11.0 Å². The summed E-state index contributed by atoms with van der Waals surface area (Å²) in [6, 6.07) is 8.49. The molecule has 1 aliphatic rings. The molecule has 1 heterocycles. The lowest BCUT2D eigenvalue weighted by molar-refractivity contribution is -0.137. The van der Waals surface area contributed by atoms with Gasteiger partial charge in [0.15, 0.2) is 11.6 Å². The zero-order valence-electron chi connectivity index (χ0n) is 11.9. The first-order chi connectivity index (χ1) is 10.9. The lowest BCUT2D eigenvalue weighted by Gasteiger charge is -2.13. The predicted octanol–water partition coefficient (Wildman–Crippen LogP) is 4.60. The fourth-order valence-corrected chi connectivity index (χ4v) is 2.31. The Bertz CT molecular complexity index is 697. The topological polar surface area (TPSA) is 30.5 Å². The molecule has 23 heavy (non-hydrogen) atoms. The number of benzene rings is 2.